The van der Waals surface area contributed by atoms with Crippen molar-refractivity contribution in [3.8, 4) is 5.75 Å². The monoisotopic (exact) mass is 565 g/mol. The summed E-state index contributed by atoms with van der Waals surface area (Å²) in [7, 11) is 0. The van der Waals surface area contributed by atoms with Crippen LogP contribution in [0.3, 0.4) is 0 Å². The topological polar surface area (TPSA) is 120 Å². The largest absolute Gasteiger partial charge is 0.491 e. The second-order valence-corrected chi connectivity index (χ2v) is 10.9. The van der Waals surface area contributed by atoms with Crippen molar-refractivity contribution in [3.63, 3.8) is 0 Å². The van der Waals surface area contributed by atoms with Crippen LogP contribution in [0, 0.1) is 5.82 Å². The van der Waals surface area contributed by atoms with Crippen molar-refractivity contribution in [2.24, 2.45) is 0 Å². The van der Waals surface area contributed by atoms with E-state index < -0.39 is 42.5 Å². The standard InChI is InChI=1S/C32H36FNO7/c33-24-12-8-21(9-13-24)7-4-16-32(20-34(31(32)39)17-22-5-2-1-3-6-22)23-10-14-25(15-11-23)40-19-27-29(37)30(38)28(36)26(18-35)41-27/h1-3,5-6,8-15,26-30,35-38H,4,7,16-20H2/t26-,27-,28-,29+,30+,32?/m1/s1. The number of rotatable bonds is 11. The number of β-lactam (4-membered cyclic amide) rings is 1. The van der Waals surface area contributed by atoms with Gasteiger partial charge in [0.25, 0.3) is 0 Å². The van der Waals surface area contributed by atoms with E-state index in [4.69, 9.17) is 9.47 Å². The lowest BCUT2D eigenvalue weighted by Crippen LogP contribution is -2.63. The molecule has 1 amide bonds. The molecule has 0 saturated carbocycles. The van der Waals surface area contributed by atoms with Crippen molar-refractivity contribution < 1.29 is 39.1 Å². The molecule has 6 atom stereocenters. The van der Waals surface area contributed by atoms with E-state index >= 15 is 0 Å². The predicted octanol–water partition coefficient (Wildman–Crippen LogP) is 2.35. The van der Waals surface area contributed by atoms with Crippen LogP contribution in [0.1, 0.15) is 29.5 Å². The highest BCUT2D eigenvalue weighted by molar-refractivity contribution is 5.94. The van der Waals surface area contributed by atoms with Gasteiger partial charge < -0.3 is 34.8 Å². The lowest BCUT2D eigenvalue weighted by molar-refractivity contribution is -0.234. The molecule has 0 aliphatic carbocycles. The summed E-state index contributed by atoms with van der Waals surface area (Å²) in [6, 6.07) is 23.6. The van der Waals surface area contributed by atoms with Crippen molar-refractivity contribution in [2.75, 3.05) is 19.8 Å². The Morgan fingerprint density at radius 2 is 1.56 bits per heavy atom. The van der Waals surface area contributed by atoms with Crippen molar-refractivity contribution in [3.05, 3.63) is 101 Å². The van der Waals surface area contributed by atoms with E-state index in [0.29, 0.717) is 25.3 Å². The molecule has 9 heteroatoms. The first-order valence-corrected chi connectivity index (χ1v) is 13.9. The minimum atomic E-state index is -1.46. The number of amides is 1. The fourth-order valence-corrected chi connectivity index (χ4v) is 5.76. The third kappa shape index (κ3) is 6.29. The zero-order valence-electron chi connectivity index (χ0n) is 22.7. The third-order valence-electron chi connectivity index (χ3n) is 8.17. The minimum absolute atomic E-state index is 0.0652. The Morgan fingerprint density at radius 3 is 2.22 bits per heavy atom. The fraction of sp³-hybridized carbons (Fsp3) is 0.406. The van der Waals surface area contributed by atoms with Crippen molar-refractivity contribution in [1.82, 2.24) is 4.90 Å². The maximum atomic E-state index is 13.7. The molecule has 0 spiro atoms. The van der Waals surface area contributed by atoms with E-state index in [2.05, 4.69) is 0 Å². The van der Waals surface area contributed by atoms with Crippen LogP contribution in [-0.4, -0.2) is 81.5 Å². The number of ether oxygens (including phenoxy) is 2. The summed E-state index contributed by atoms with van der Waals surface area (Å²) in [4.78, 5) is 15.5. The van der Waals surface area contributed by atoms with E-state index in [9.17, 15) is 29.6 Å². The maximum Gasteiger partial charge on any atom is 0.235 e. The molecule has 0 bridgehead atoms. The van der Waals surface area contributed by atoms with Gasteiger partial charge in [-0.3, -0.25) is 4.79 Å². The minimum Gasteiger partial charge on any atom is -0.491 e. The Balaban J connectivity index is 1.26. The SMILES string of the molecule is O=C1N(Cc2ccccc2)CC1(CCCc1ccc(F)cc1)c1ccc(OC[C@H]2O[C@H](CO)[C@@H](O)[C@H](O)[C@H]2O)cc1. The number of aryl methyl sites for hydroxylation is 1. The molecule has 2 saturated heterocycles. The van der Waals surface area contributed by atoms with Crippen LogP contribution in [0.4, 0.5) is 4.39 Å². The Kier molecular flexibility index (Phi) is 9.01. The quantitative estimate of drug-likeness (QED) is 0.264. The number of hydrogen-bond donors (Lipinski definition) is 4. The molecule has 3 aromatic rings. The molecule has 218 valence electrons. The molecule has 1 unspecified atom stereocenters. The number of aliphatic hydroxyl groups excluding tert-OH is 4. The van der Waals surface area contributed by atoms with Gasteiger partial charge in [0.2, 0.25) is 5.91 Å². The summed E-state index contributed by atoms with van der Waals surface area (Å²) in [6.45, 7) is 0.511. The van der Waals surface area contributed by atoms with E-state index in [-0.39, 0.29) is 18.3 Å². The van der Waals surface area contributed by atoms with Gasteiger partial charge in [-0.25, -0.2) is 4.39 Å². The Morgan fingerprint density at radius 1 is 0.878 bits per heavy atom. The average Bonchev–Trinajstić information content (AvgIpc) is 3.00. The Bertz CT molecular complexity index is 1290. The number of aliphatic hydroxyl groups is 4. The van der Waals surface area contributed by atoms with Crippen LogP contribution in [0.5, 0.6) is 5.75 Å². The van der Waals surface area contributed by atoms with E-state index in [0.717, 1.165) is 29.5 Å². The van der Waals surface area contributed by atoms with Gasteiger partial charge >= 0.3 is 0 Å². The molecule has 3 aromatic carbocycles. The highest BCUT2D eigenvalue weighted by Crippen LogP contribution is 2.42. The van der Waals surface area contributed by atoms with Crippen LogP contribution in [0.15, 0.2) is 78.9 Å². The van der Waals surface area contributed by atoms with Gasteiger partial charge in [-0.1, -0.05) is 54.6 Å². The molecule has 0 radical (unpaired) electrons. The number of carbonyl (C=O) groups is 1. The van der Waals surface area contributed by atoms with Gasteiger partial charge in [0, 0.05) is 13.1 Å². The summed E-state index contributed by atoms with van der Waals surface area (Å²) >= 11 is 0. The lowest BCUT2D eigenvalue weighted by atomic mass is 9.69. The number of benzene rings is 3. The molecule has 0 aromatic heterocycles. The van der Waals surface area contributed by atoms with Gasteiger partial charge in [0.1, 0.15) is 48.7 Å². The summed E-state index contributed by atoms with van der Waals surface area (Å²) in [5.74, 6) is 0.278. The smallest absolute Gasteiger partial charge is 0.235 e. The lowest BCUT2D eigenvalue weighted by Gasteiger charge is -2.49. The molecule has 2 heterocycles. The molecular weight excluding hydrogens is 529 g/mol. The van der Waals surface area contributed by atoms with E-state index in [1.54, 1.807) is 24.3 Å². The zero-order valence-corrected chi connectivity index (χ0v) is 22.7. The highest BCUT2D eigenvalue weighted by Gasteiger charge is 2.52. The Labute approximate surface area is 238 Å². The first-order chi connectivity index (χ1) is 19.8. The molecule has 4 N–H and O–H groups in total. The molecule has 41 heavy (non-hydrogen) atoms. The second kappa shape index (κ2) is 12.7. The van der Waals surface area contributed by atoms with Crippen LogP contribution in [0.25, 0.3) is 0 Å². The molecule has 2 aliphatic rings. The van der Waals surface area contributed by atoms with E-state index in [1.807, 2.05) is 47.4 Å². The third-order valence-corrected chi connectivity index (χ3v) is 8.17. The van der Waals surface area contributed by atoms with Crippen LogP contribution >= 0.6 is 0 Å². The first-order valence-electron chi connectivity index (χ1n) is 13.9. The van der Waals surface area contributed by atoms with Crippen LogP contribution in [0.2, 0.25) is 0 Å². The van der Waals surface area contributed by atoms with Crippen molar-refractivity contribution in [2.45, 2.75) is 61.7 Å². The van der Waals surface area contributed by atoms with Crippen LogP contribution < -0.4 is 4.74 Å². The number of hydrogen-bond acceptors (Lipinski definition) is 7. The summed E-state index contributed by atoms with van der Waals surface area (Å²) in [6.07, 6.45) is -4.08. The Hall–Kier alpha value is -3.34. The van der Waals surface area contributed by atoms with Gasteiger partial charge in [-0.15, -0.1) is 0 Å². The van der Waals surface area contributed by atoms with Gasteiger partial charge in [-0.05, 0) is 60.2 Å². The fourth-order valence-electron chi connectivity index (χ4n) is 5.76. The highest BCUT2D eigenvalue weighted by atomic mass is 19.1. The number of carbonyl (C=O) groups excluding carboxylic acids is 1. The molecule has 5 rings (SSSR count). The second-order valence-electron chi connectivity index (χ2n) is 10.9. The molecule has 2 aliphatic heterocycles. The number of halogens is 1. The molecule has 2 fully saturated rings. The summed E-state index contributed by atoms with van der Waals surface area (Å²) < 4.78 is 24.6. The summed E-state index contributed by atoms with van der Waals surface area (Å²) in [5.41, 5.74) is 2.29. The zero-order chi connectivity index (χ0) is 29.0. The maximum absolute atomic E-state index is 13.7. The normalized spacial score (nSPS) is 27.9. The van der Waals surface area contributed by atoms with Gasteiger partial charge in [-0.2, -0.15) is 0 Å². The van der Waals surface area contributed by atoms with Gasteiger partial charge in [0.15, 0.2) is 0 Å². The van der Waals surface area contributed by atoms with Crippen molar-refractivity contribution in [1.29, 1.82) is 0 Å². The number of nitrogens with zero attached hydrogens (tertiary/aromatic N) is 1. The molecule has 8 nitrogen and oxygen atoms in total. The number of likely N-dealkylation sites (tertiary alicyclic amines) is 1. The average molecular weight is 566 g/mol. The predicted molar refractivity (Wildman–Crippen MR) is 149 cm³/mol. The van der Waals surface area contributed by atoms with E-state index in [1.165, 1.54) is 12.1 Å². The first kappa shape index (κ1) is 29.2. The van der Waals surface area contributed by atoms with Gasteiger partial charge in [0.05, 0.1) is 12.0 Å². The van der Waals surface area contributed by atoms with Crippen molar-refractivity contribution >= 4 is 5.91 Å². The molecular formula is C32H36FNO7. The van der Waals surface area contributed by atoms with Crippen LogP contribution in [-0.2, 0) is 27.9 Å². The summed E-state index contributed by atoms with van der Waals surface area (Å²) in [5, 5.41) is 39.7.